The van der Waals surface area contributed by atoms with Crippen LogP contribution in [0.2, 0.25) is 0 Å². The number of benzene rings is 2. The van der Waals surface area contributed by atoms with Gasteiger partial charge in [-0.1, -0.05) is 75.2 Å². The lowest BCUT2D eigenvalue weighted by atomic mass is 9.78. The monoisotopic (exact) mass is 404 g/mol. The predicted octanol–water partition coefficient (Wildman–Crippen LogP) is 5.87. The third-order valence-corrected chi connectivity index (χ3v) is 7.06. The Kier molecular flexibility index (Phi) is 6.89. The highest BCUT2D eigenvalue weighted by molar-refractivity contribution is 5.95. The fourth-order valence-corrected chi connectivity index (χ4v) is 5.50. The van der Waals surface area contributed by atoms with E-state index in [0.717, 1.165) is 31.6 Å². The lowest BCUT2D eigenvalue weighted by Gasteiger charge is -2.45. The van der Waals surface area contributed by atoms with E-state index in [2.05, 4.69) is 52.3 Å². The summed E-state index contributed by atoms with van der Waals surface area (Å²) >= 11 is 0. The Morgan fingerprint density at radius 2 is 1.47 bits per heavy atom. The average Bonchev–Trinajstić information content (AvgIpc) is 2.81. The molecule has 0 bridgehead atoms. The Bertz CT molecular complexity index is 796. The van der Waals surface area contributed by atoms with Crippen LogP contribution in [0.15, 0.2) is 60.7 Å². The maximum Gasteiger partial charge on any atom is 0.229 e. The molecule has 0 N–H and O–H groups in total. The molecular formula is C27H36N2O. The number of para-hydroxylation sites is 1. The SMILES string of the molecule is CC(C)C(=O)N(c1ccccc1)C1CCN(C2CCCCC2c2ccccc2)CC1. The molecule has 1 saturated carbocycles. The number of anilines is 1. The molecule has 2 aromatic carbocycles. The summed E-state index contributed by atoms with van der Waals surface area (Å²) in [6, 6.07) is 22.3. The van der Waals surface area contributed by atoms with Gasteiger partial charge in [-0.25, -0.2) is 0 Å². The third kappa shape index (κ3) is 4.62. The molecule has 0 spiro atoms. The van der Waals surface area contributed by atoms with E-state index in [4.69, 9.17) is 0 Å². The minimum Gasteiger partial charge on any atom is -0.309 e. The molecule has 2 aliphatic rings. The van der Waals surface area contributed by atoms with Crippen LogP contribution in [-0.2, 0) is 4.79 Å². The summed E-state index contributed by atoms with van der Waals surface area (Å²) < 4.78 is 0. The van der Waals surface area contributed by atoms with Gasteiger partial charge in [-0.3, -0.25) is 9.69 Å². The van der Waals surface area contributed by atoms with Gasteiger partial charge < -0.3 is 4.90 Å². The van der Waals surface area contributed by atoms with E-state index < -0.39 is 0 Å². The second kappa shape index (κ2) is 9.78. The first-order chi connectivity index (χ1) is 14.6. The summed E-state index contributed by atoms with van der Waals surface area (Å²) in [6.45, 7) is 6.21. The third-order valence-electron chi connectivity index (χ3n) is 7.06. The number of hydrogen-bond acceptors (Lipinski definition) is 2. The highest BCUT2D eigenvalue weighted by Gasteiger charge is 2.36. The molecule has 2 unspecified atom stereocenters. The second-order valence-electron chi connectivity index (χ2n) is 9.33. The molecule has 1 saturated heterocycles. The van der Waals surface area contributed by atoms with Crippen LogP contribution in [0, 0.1) is 5.92 Å². The predicted molar refractivity (Wildman–Crippen MR) is 125 cm³/mol. The number of piperidine rings is 1. The van der Waals surface area contributed by atoms with Gasteiger partial charge in [-0.2, -0.15) is 0 Å². The van der Waals surface area contributed by atoms with Crippen molar-refractivity contribution < 1.29 is 4.79 Å². The van der Waals surface area contributed by atoms with Crippen LogP contribution in [0.25, 0.3) is 0 Å². The van der Waals surface area contributed by atoms with Gasteiger partial charge in [0.15, 0.2) is 0 Å². The Labute approximate surface area is 182 Å². The van der Waals surface area contributed by atoms with Crippen molar-refractivity contribution in [2.45, 2.75) is 70.4 Å². The minimum absolute atomic E-state index is 0.0176. The summed E-state index contributed by atoms with van der Waals surface area (Å²) in [5, 5.41) is 0. The average molecular weight is 405 g/mol. The summed E-state index contributed by atoms with van der Waals surface area (Å²) in [5.41, 5.74) is 2.56. The van der Waals surface area contributed by atoms with Gasteiger partial charge in [0.25, 0.3) is 0 Å². The van der Waals surface area contributed by atoms with E-state index in [-0.39, 0.29) is 11.8 Å². The van der Waals surface area contributed by atoms with Crippen LogP contribution in [0.1, 0.15) is 63.9 Å². The first-order valence-electron chi connectivity index (χ1n) is 11.8. The first kappa shape index (κ1) is 21.1. The molecule has 4 rings (SSSR count). The molecule has 0 radical (unpaired) electrons. The topological polar surface area (TPSA) is 23.6 Å². The summed E-state index contributed by atoms with van der Waals surface area (Å²) in [5.74, 6) is 0.919. The van der Waals surface area contributed by atoms with E-state index >= 15 is 0 Å². The Morgan fingerprint density at radius 1 is 0.867 bits per heavy atom. The van der Waals surface area contributed by atoms with Crippen LogP contribution in [-0.4, -0.2) is 36.0 Å². The molecule has 2 atom stereocenters. The van der Waals surface area contributed by atoms with Crippen LogP contribution < -0.4 is 4.90 Å². The molecule has 1 amide bonds. The zero-order valence-electron chi connectivity index (χ0n) is 18.5. The maximum absolute atomic E-state index is 13.1. The highest BCUT2D eigenvalue weighted by atomic mass is 16.2. The highest BCUT2D eigenvalue weighted by Crippen LogP contribution is 2.38. The van der Waals surface area contributed by atoms with E-state index in [1.165, 1.54) is 31.2 Å². The number of amides is 1. The number of carbonyl (C=O) groups is 1. The lowest BCUT2D eigenvalue weighted by molar-refractivity contribution is -0.122. The van der Waals surface area contributed by atoms with Crippen molar-refractivity contribution >= 4 is 11.6 Å². The van der Waals surface area contributed by atoms with Gasteiger partial charge in [0.2, 0.25) is 5.91 Å². The fraction of sp³-hybridized carbons (Fsp3) is 0.519. The second-order valence-corrected chi connectivity index (χ2v) is 9.33. The maximum atomic E-state index is 13.1. The molecule has 2 fully saturated rings. The van der Waals surface area contributed by atoms with Gasteiger partial charge in [0.05, 0.1) is 0 Å². The normalized spacial score (nSPS) is 23.4. The van der Waals surface area contributed by atoms with Crippen molar-refractivity contribution in [2.24, 2.45) is 5.92 Å². The van der Waals surface area contributed by atoms with E-state index in [9.17, 15) is 4.79 Å². The van der Waals surface area contributed by atoms with Crippen molar-refractivity contribution in [1.29, 1.82) is 0 Å². The van der Waals surface area contributed by atoms with Gasteiger partial charge in [-0.15, -0.1) is 0 Å². The van der Waals surface area contributed by atoms with E-state index in [1.807, 2.05) is 32.0 Å². The zero-order valence-corrected chi connectivity index (χ0v) is 18.5. The van der Waals surface area contributed by atoms with Crippen LogP contribution >= 0.6 is 0 Å². The molecule has 30 heavy (non-hydrogen) atoms. The van der Waals surface area contributed by atoms with Crippen LogP contribution in [0.3, 0.4) is 0 Å². The molecule has 3 heteroatoms. The largest absolute Gasteiger partial charge is 0.309 e. The number of hydrogen-bond donors (Lipinski definition) is 0. The van der Waals surface area contributed by atoms with Crippen molar-refractivity contribution in [2.75, 3.05) is 18.0 Å². The summed E-state index contributed by atoms with van der Waals surface area (Å²) in [7, 11) is 0. The lowest BCUT2D eigenvalue weighted by Crippen LogP contribution is -2.52. The molecule has 2 aromatic rings. The standard InChI is InChI=1S/C27H36N2O/c1-21(2)27(30)29(23-13-7-4-8-14-23)24-17-19-28(20-18-24)26-16-10-9-15-25(26)22-11-5-3-6-12-22/h3-8,11-14,21,24-26H,9-10,15-20H2,1-2H3. The van der Waals surface area contributed by atoms with Gasteiger partial charge >= 0.3 is 0 Å². The molecule has 1 aliphatic heterocycles. The van der Waals surface area contributed by atoms with Crippen molar-refractivity contribution in [3.63, 3.8) is 0 Å². The van der Waals surface area contributed by atoms with Crippen molar-refractivity contribution in [3.8, 4) is 0 Å². The molecule has 160 valence electrons. The van der Waals surface area contributed by atoms with Gasteiger partial charge in [0.1, 0.15) is 0 Å². The van der Waals surface area contributed by atoms with Gasteiger partial charge in [-0.05, 0) is 49.3 Å². The quantitative estimate of drug-likeness (QED) is 0.622. The summed E-state index contributed by atoms with van der Waals surface area (Å²) in [6.07, 6.45) is 7.41. The smallest absolute Gasteiger partial charge is 0.229 e. The first-order valence-corrected chi connectivity index (χ1v) is 11.8. The Balaban J connectivity index is 1.47. The molecule has 0 aromatic heterocycles. The number of rotatable bonds is 5. The number of likely N-dealkylation sites (tertiary alicyclic amines) is 1. The Hall–Kier alpha value is -2.13. The Morgan fingerprint density at radius 3 is 2.10 bits per heavy atom. The number of carbonyl (C=O) groups excluding carboxylic acids is 1. The van der Waals surface area contributed by atoms with Crippen molar-refractivity contribution in [3.05, 3.63) is 66.2 Å². The molecular weight excluding hydrogens is 368 g/mol. The van der Waals surface area contributed by atoms with E-state index in [0.29, 0.717) is 18.0 Å². The van der Waals surface area contributed by atoms with Gasteiger partial charge in [0, 0.05) is 36.8 Å². The molecule has 1 aliphatic carbocycles. The van der Waals surface area contributed by atoms with Crippen LogP contribution in [0.5, 0.6) is 0 Å². The van der Waals surface area contributed by atoms with E-state index in [1.54, 1.807) is 0 Å². The zero-order chi connectivity index (χ0) is 20.9. The molecule has 1 heterocycles. The van der Waals surface area contributed by atoms with Crippen LogP contribution in [0.4, 0.5) is 5.69 Å². The number of nitrogens with zero attached hydrogens (tertiary/aromatic N) is 2. The molecule has 3 nitrogen and oxygen atoms in total. The fourth-order valence-electron chi connectivity index (χ4n) is 5.50. The summed E-state index contributed by atoms with van der Waals surface area (Å²) in [4.78, 5) is 17.9. The van der Waals surface area contributed by atoms with Crippen molar-refractivity contribution in [1.82, 2.24) is 4.90 Å². The minimum atomic E-state index is 0.0176.